The van der Waals surface area contributed by atoms with Crippen LogP contribution in [0.2, 0.25) is 5.02 Å². The summed E-state index contributed by atoms with van der Waals surface area (Å²) in [5.41, 5.74) is 1.21. The third kappa shape index (κ3) is 4.70. The highest BCUT2D eigenvalue weighted by Crippen LogP contribution is 2.22. The Labute approximate surface area is 110 Å². The molecule has 0 bridgehead atoms. The van der Waals surface area contributed by atoms with Gasteiger partial charge < -0.3 is 4.74 Å². The third-order valence-electron chi connectivity index (χ3n) is 2.20. The summed E-state index contributed by atoms with van der Waals surface area (Å²) in [7, 11) is 0. The van der Waals surface area contributed by atoms with Crippen molar-refractivity contribution in [3.05, 3.63) is 34.9 Å². The molecule has 3 heteroatoms. The molecule has 0 aliphatic heterocycles. The van der Waals surface area contributed by atoms with E-state index in [4.69, 9.17) is 16.3 Å². The van der Waals surface area contributed by atoms with Crippen LogP contribution in [0.5, 0.6) is 0 Å². The van der Waals surface area contributed by atoms with Gasteiger partial charge in [0, 0.05) is 16.1 Å². The van der Waals surface area contributed by atoms with E-state index >= 15 is 0 Å². The summed E-state index contributed by atoms with van der Waals surface area (Å²) in [5.74, 6) is 0. The molecule has 0 amide bonds. The molecule has 0 saturated carbocycles. The second-order valence-electron chi connectivity index (χ2n) is 3.42. The number of hydrogen-bond acceptors (Lipinski definition) is 1. The predicted octanol–water partition coefficient (Wildman–Crippen LogP) is 4.63. The standard InChI is InChI=1S/C12H16ClIO/c1-2-3-8-15-12(9-14)10-4-6-11(13)7-5-10/h4-7,12H,2-3,8-9H2,1H3. The van der Waals surface area contributed by atoms with Crippen LogP contribution in [0, 0.1) is 0 Å². The Morgan fingerprint density at radius 2 is 2.00 bits per heavy atom. The molecule has 0 aliphatic carbocycles. The first kappa shape index (κ1) is 13.3. The van der Waals surface area contributed by atoms with Crippen LogP contribution in [-0.2, 0) is 4.74 Å². The maximum absolute atomic E-state index is 5.84. The van der Waals surface area contributed by atoms with Crippen molar-refractivity contribution in [3.8, 4) is 0 Å². The molecule has 1 nitrogen and oxygen atoms in total. The molecule has 1 unspecified atom stereocenters. The van der Waals surface area contributed by atoms with E-state index in [0.29, 0.717) is 0 Å². The lowest BCUT2D eigenvalue weighted by molar-refractivity contribution is 0.0689. The van der Waals surface area contributed by atoms with E-state index < -0.39 is 0 Å². The Morgan fingerprint density at radius 3 is 2.53 bits per heavy atom. The smallest absolute Gasteiger partial charge is 0.0914 e. The molecule has 84 valence electrons. The summed E-state index contributed by atoms with van der Waals surface area (Å²) in [5, 5.41) is 0.777. The Balaban J connectivity index is 2.53. The Kier molecular flexibility index (Phi) is 6.61. The molecule has 0 fully saturated rings. The monoisotopic (exact) mass is 338 g/mol. The van der Waals surface area contributed by atoms with Crippen molar-refractivity contribution in [1.82, 2.24) is 0 Å². The van der Waals surface area contributed by atoms with Crippen LogP contribution in [0.25, 0.3) is 0 Å². The van der Waals surface area contributed by atoms with Gasteiger partial charge in [-0.25, -0.2) is 0 Å². The summed E-state index contributed by atoms with van der Waals surface area (Å²) >= 11 is 8.20. The highest BCUT2D eigenvalue weighted by atomic mass is 127. The second-order valence-corrected chi connectivity index (χ2v) is 4.74. The molecule has 0 spiro atoms. The van der Waals surface area contributed by atoms with Crippen LogP contribution in [0.15, 0.2) is 24.3 Å². The van der Waals surface area contributed by atoms with Gasteiger partial charge in [-0.3, -0.25) is 0 Å². The topological polar surface area (TPSA) is 9.23 Å². The average Bonchev–Trinajstić information content (AvgIpc) is 2.26. The largest absolute Gasteiger partial charge is 0.373 e. The summed E-state index contributed by atoms with van der Waals surface area (Å²) in [6.45, 7) is 3.01. The summed E-state index contributed by atoms with van der Waals surface area (Å²) < 4.78 is 6.78. The van der Waals surface area contributed by atoms with Gasteiger partial charge in [-0.1, -0.05) is 59.7 Å². The average molecular weight is 339 g/mol. The van der Waals surface area contributed by atoms with Gasteiger partial charge in [0.1, 0.15) is 0 Å². The van der Waals surface area contributed by atoms with E-state index in [-0.39, 0.29) is 6.10 Å². The van der Waals surface area contributed by atoms with Gasteiger partial charge >= 0.3 is 0 Å². The minimum atomic E-state index is 0.203. The fourth-order valence-corrected chi connectivity index (χ4v) is 2.17. The number of rotatable bonds is 6. The van der Waals surface area contributed by atoms with E-state index in [9.17, 15) is 0 Å². The highest BCUT2D eigenvalue weighted by Gasteiger charge is 2.09. The van der Waals surface area contributed by atoms with E-state index in [0.717, 1.165) is 22.5 Å². The normalized spacial score (nSPS) is 12.7. The fraction of sp³-hybridized carbons (Fsp3) is 0.500. The van der Waals surface area contributed by atoms with Crippen molar-refractivity contribution in [1.29, 1.82) is 0 Å². The first-order chi connectivity index (χ1) is 7.27. The van der Waals surface area contributed by atoms with Gasteiger partial charge in [-0.2, -0.15) is 0 Å². The molecule has 0 aliphatic rings. The quantitative estimate of drug-likeness (QED) is 0.417. The minimum absolute atomic E-state index is 0.203. The van der Waals surface area contributed by atoms with Crippen molar-refractivity contribution in [2.45, 2.75) is 25.9 Å². The number of hydrogen-bond donors (Lipinski definition) is 0. The van der Waals surface area contributed by atoms with Gasteiger partial charge in [-0.15, -0.1) is 0 Å². The van der Waals surface area contributed by atoms with Crippen LogP contribution < -0.4 is 0 Å². The molecule has 15 heavy (non-hydrogen) atoms. The molecule has 0 aromatic heterocycles. The Hall–Kier alpha value is 0.200. The van der Waals surface area contributed by atoms with E-state index in [2.05, 4.69) is 29.5 Å². The third-order valence-corrected chi connectivity index (χ3v) is 3.25. The fourth-order valence-electron chi connectivity index (χ4n) is 1.28. The second kappa shape index (κ2) is 7.47. The molecular formula is C12H16ClIO. The molecule has 0 N–H and O–H groups in total. The van der Waals surface area contributed by atoms with Gasteiger partial charge in [0.05, 0.1) is 6.10 Å². The number of unbranched alkanes of at least 4 members (excludes halogenated alkanes) is 1. The summed E-state index contributed by atoms with van der Waals surface area (Å²) in [6, 6.07) is 7.91. The molecule has 1 rings (SSSR count). The first-order valence-corrected chi connectivity index (χ1v) is 7.11. The van der Waals surface area contributed by atoms with Crippen molar-refractivity contribution in [2.24, 2.45) is 0 Å². The van der Waals surface area contributed by atoms with Gasteiger partial charge in [0.25, 0.3) is 0 Å². The molecule has 1 aromatic rings. The minimum Gasteiger partial charge on any atom is -0.373 e. The lowest BCUT2D eigenvalue weighted by Gasteiger charge is -2.15. The van der Waals surface area contributed by atoms with Crippen molar-refractivity contribution >= 4 is 34.2 Å². The lowest BCUT2D eigenvalue weighted by Crippen LogP contribution is -2.06. The van der Waals surface area contributed by atoms with Crippen LogP contribution in [0.3, 0.4) is 0 Å². The highest BCUT2D eigenvalue weighted by molar-refractivity contribution is 14.1. The number of alkyl halides is 1. The van der Waals surface area contributed by atoms with Crippen molar-refractivity contribution < 1.29 is 4.74 Å². The van der Waals surface area contributed by atoms with E-state index in [1.807, 2.05) is 24.3 Å². The zero-order valence-corrected chi connectivity index (χ0v) is 11.8. The number of ether oxygens (including phenoxy) is 1. The van der Waals surface area contributed by atoms with Crippen LogP contribution >= 0.6 is 34.2 Å². The zero-order chi connectivity index (χ0) is 11.1. The summed E-state index contributed by atoms with van der Waals surface area (Å²) in [6.07, 6.45) is 2.50. The Morgan fingerprint density at radius 1 is 1.33 bits per heavy atom. The Bertz CT molecular complexity index is 273. The van der Waals surface area contributed by atoms with Crippen LogP contribution in [0.1, 0.15) is 31.4 Å². The molecule has 0 radical (unpaired) electrons. The number of benzene rings is 1. The zero-order valence-electron chi connectivity index (χ0n) is 8.88. The lowest BCUT2D eigenvalue weighted by atomic mass is 10.1. The SMILES string of the molecule is CCCCOC(CI)c1ccc(Cl)cc1. The predicted molar refractivity (Wildman–Crippen MR) is 73.9 cm³/mol. The van der Waals surface area contributed by atoms with Gasteiger partial charge in [0.2, 0.25) is 0 Å². The van der Waals surface area contributed by atoms with E-state index in [1.54, 1.807) is 0 Å². The maximum atomic E-state index is 5.84. The number of halogens is 2. The molecule has 1 atom stereocenters. The first-order valence-electron chi connectivity index (χ1n) is 5.21. The molecule has 1 aromatic carbocycles. The van der Waals surface area contributed by atoms with Gasteiger partial charge in [-0.05, 0) is 24.1 Å². The van der Waals surface area contributed by atoms with Crippen LogP contribution in [-0.4, -0.2) is 11.0 Å². The van der Waals surface area contributed by atoms with Crippen LogP contribution in [0.4, 0.5) is 0 Å². The van der Waals surface area contributed by atoms with Crippen molar-refractivity contribution in [2.75, 3.05) is 11.0 Å². The maximum Gasteiger partial charge on any atom is 0.0914 e. The van der Waals surface area contributed by atoms with Gasteiger partial charge in [0.15, 0.2) is 0 Å². The summed E-state index contributed by atoms with van der Waals surface area (Å²) in [4.78, 5) is 0. The molecular weight excluding hydrogens is 322 g/mol. The van der Waals surface area contributed by atoms with Crippen molar-refractivity contribution in [3.63, 3.8) is 0 Å². The molecule has 0 heterocycles. The van der Waals surface area contributed by atoms with E-state index in [1.165, 1.54) is 12.0 Å². The molecule has 0 saturated heterocycles.